The smallest absolute Gasteiger partial charge is 0.248 e. The minimum atomic E-state index is -4.19. The van der Waals surface area contributed by atoms with Crippen LogP contribution in [0, 0.1) is 0 Å². The average molecular weight is 246 g/mol. The van der Waals surface area contributed by atoms with Crippen LogP contribution in [0.15, 0.2) is 6.33 Å². The molecule has 0 fully saturated rings. The van der Waals surface area contributed by atoms with Crippen LogP contribution in [0.2, 0.25) is 0 Å². The summed E-state index contributed by atoms with van der Waals surface area (Å²) in [5, 5.41) is 3.75. The number of hydrogen-bond donors (Lipinski definition) is 0. The number of thioether (sulfide) groups is 1. The highest BCUT2D eigenvalue weighted by atomic mass is 35.5. The number of aromatic nitrogens is 3. The lowest BCUT2D eigenvalue weighted by molar-refractivity contribution is -0.0328. The first-order chi connectivity index (χ1) is 6.53. The first-order valence-corrected chi connectivity index (χ1v) is 5.18. The van der Waals surface area contributed by atoms with E-state index in [4.69, 9.17) is 11.6 Å². The Morgan fingerprint density at radius 1 is 1.50 bits per heavy atom. The maximum absolute atomic E-state index is 11.8. The lowest BCUT2D eigenvalue weighted by atomic mass is 10.6. The van der Waals surface area contributed by atoms with Gasteiger partial charge < -0.3 is 0 Å². The first kappa shape index (κ1) is 11.6. The summed E-state index contributed by atoms with van der Waals surface area (Å²) < 4.78 is 36.6. The van der Waals surface area contributed by atoms with Crippen molar-refractivity contribution in [2.24, 2.45) is 0 Å². The maximum Gasteiger partial charge on any atom is 0.441 e. The molecule has 0 spiro atoms. The number of alkyl halides is 4. The van der Waals surface area contributed by atoms with Gasteiger partial charge in [0.1, 0.15) is 12.2 Å². The molecule has 80 valence electrons. The van der Waals surface area contributed by atoms with Gasteiger partial charge in [-0.25, -0.2) is 9.67 Å². The fraction of sp³-hybridized carbons (Fsp3) is 0.667. The highest BCUT2D eigenvalue weighted by Crippen LogP contribution is 2.29. The van der Waals surface area contributed by atoms with E-state index in [2.05, 4.69) is 10.1 Å². The monoisotopic (exact) mass is 245 g/mol. The first-order valence-electron chi connectivity index (χ1n) is 3.66. The van der Waals surface area contributed by atoms with Crippen LogP contribution in [-0.4, -0.2) is 26.0 Å². The summed E-state index contributed by atoms with van der Waals surface area (Å²) in [6.07, 6.45) is 1.27. The van der Waals surface area contributed by atoms with Crippen molar-refractivity contribution < 1.29 is 13.2 Å². The molecule has 1 rings (SSSR count). The quantitative estimate of drug-likeness (QED) is 0.763. The second-order valence-electron chi connectivity index (χ2n) is 2.33. The van der Waals surface area contributed by atoms with Gasteiger partial charge in [0.15, 0.2) is 0 Å². The highest BCUT2D eigenvalue weighted by Gasteiger charge is 2.27. The molecule has 0 amide bonds. The molecule has 0 aromatic carbocycles. The lowest BCUT2D eigenvalue weighted by Gasteiger charge is -2.06. The molecular formula is C6H7ClF3N3S. The molecule has 0 N–H and O–H groups in total. The molecule has 8 heteroatoms. The minimum absolute atomic E-state index is 0.0807. The molecule has 1 heterocycles. The van der Waals surface area contributed by atoms with E-state index in [9.17, 15) is 13.2 Å². The van der Waals surface area contributed by atoms with Crippen LogP contribution in [0.4, 0.5) is 13.2 Å². The maximum atomic E-state index is 11.8. The summed E-state index contributed by atoms with van der Waals surface area (Å²) in [5.41, 5.74) is -4.19. The molecule has 0 radical (unpaired) electrons. The summed E-state index contributed by atoms with van der Waals surface area (Å²) in [5.74, 6) is 0.544. The second-order valence-corrected chi connectivity index (χ2v) is 3.75. The predicted octanol–water partition coefficient (Wildman–Crippen LogP) is 2.27. The summed E-state index contributed by atoms with van der Waals surface area (Å²) >= 11 is 5.41. The van der Waals surface area contributed by atoms with Crippen molar-refractivity contribution in [3.63, 3.8) is 0 Å². The van der Waals surface area contributed by atoms with E-state index in [1.165, 1.54) is 11.0 Å². The van der Waals surface area contributed by atoms with Gasteiger partial charge in [-0.3, -0.25) is 0 Å². The van der Waals surface area contributed by atoms with E-state index in [0.29, 0.717) is 5.82 Å². The Bertz CT molecular complexity index is 288. The summed E-state index contributed by atoms with van der Waals surface area (Å²) in [4.78, 5) is 3.78. The molecule has 0 saturated carbocycles. The minimum Gasteiger partial charge on any atom is -0.248 e. The van der Waals surface area contributed by atoms with E-state index >= 15 is 0 Å². The third kappa shape index (κ3) is 3.75. The SMILES string of the molecule is FC(F)(F)SCCn1ncnc1CCl. The van der Waals surface area contributed by atoms with Crippen molar-refractivity contribution in [1.29, 1.82) is 0 Å². The van der Waals surface area contributed by atoms with Crippen LogP contribution in [0.3, 0.4) is 0 Å². The van der Waals surface area contributed by atoms with Gasteiger partial charge in [-0.05, 0) is 11.8 Å². The zero-order valence-corrected chi connectivity index (χ0v) is 8.53. The molecule has 3 nitrogen and oxygen atoms in total. The van der Waals surface area contributed by atoms with Gasteiger partial charge in [-0.2, -0.15) is 18.3 Å². The van der Waals surface area contributed by atoms with Crippen molar-refractivity contribution in [2.75, 3.05) is 5.75 Å². The topological polar surface area (TPSA) is 30.7 Å². The van der Waals surface area contributed by atoms with E-state index in [1.54, 1.807) is 0 Å². The molecule has 0 aliphatic rings. The molecule has 0 saturated heterocycles. The van der Waals surface area contributed by atoms with Crippen LogP contribution in [0.5, 0.6) is 0 Å². The lowest BCUT2D eigenvalue weighted by Crippen LogP contribution is -2.10. The van der Waals surface area contributed by atoms with Crippen LogP contribution in [-0.2, 0) is 12.4 Å². The normalized spacial score (nSPS) is 12.0. The van der Waals surface area contributed by atoms with Crippen molar-refractivity contribution >= 4 is 23.4 Å². The number of nitrogens with zero attached hydrogens (tertiary/aromatic N) is 3. The van der Waals surface area contributed by atoms with Crippen molar-refractivity contribution in [2.45, 2.75) is 17.9 Å². The Balaban J connectivity index is 2.38. The van der Waals surface area contributed by atoms with Crippen LogP contribution < -0.4 is 0 Å². The molecule has 0 bridgehead atoms. The van der Waals surface area contributed by atoms with Crippen LogP contribution in [0.25, 0.3) is 0 Å². The Morgan fingerprint density at radius 2 is 2.21 bits per heavy atom. The Labute approximate surface area is 87.6 Å². The summed E-state index contributed by atoms with van der Waals surface area (Å²) in [6.45, 7) is 0.159. The Hall–Kier alpha value is -0.430. The number of aryl methyl sites for hydroxylation is 1. The van der Waals surface area contributed by atoms with E-state index in [-0.39, 0.29) is 29.9 Å². The van der Waals surface area contributed by atoms with Gasteiger partial charge in [0.2, 0.25) is 0 Å². The third-order valence-electron chi connectivity index (χ3n) is 1.38. The largest absolute Gasteiger partial charge is 0.441 e. The standard InChI is InChI=1S/C6H7ClF3N3S/c7-3-5-11-4-12-13(5)1-2-14-6(8,9)10/h4H,1-3H2. The Kier molecular flexibility index (Phi) is 4.06. The highest BCUT2D eigenvalue weighted by molar-refractivity contribution is 8.00. The van der Waals surface area contributed by atoms with Crippen molar-refractivity contribution in [3.05, 3.63) is 12.2 Å². The number of rotatable bonds is 4. The molecule has 14 heavy (non-hydrogen) atoms. The van der Waals surface area contributed by atoms with Crippen molar-refractivity contribution in [1.82, 2.24) is 14.8 Å². The number of halogens is 4. The second kappa shape index (κ2) is 4.88. The van der Waals surface area contributed by atoms with Gasteiger partial charge in [-0.15, -0.1) is 11.6 Å². The fourth-order valence-electron chi connectivity index (χ4n) is 0.826. The molecule has 0 unspecified atom stereocenters. The molecule has 0 aliphatic carbocycles. The zero-order chi connectivity index (χ0) is 10.6. The predicted molar refractivity (Wildman–Crippen MR) is 48.1 cm³/mol. The van der Waals surface area contributed by atoms with Gasteiger partial charge >= 0.3 is 5.51 Å². The van der Waals surface area contributed by atoms with E-state index in [0.717, 1.165) is 0 Å². The number of hydrogen-bond acceptors (Lipinski definition) is 3. The van der Waals surface area contributed by atoms with Gasteiger partial charge in [0, 0.05) is 5.75 Å². The zero-order valence-electron chi connectivity index (χ0n) is 6.96. The molecule has 1 aromatic rings. The van der Waals surface area contributed by atoms with E-state index < -0.39 is 5.51 Å². The van der Waals surface area contributed by atoms with Gasteiger partial charge in [0.25, 0.3) is 0 Å². The fourth-order valence-corrected chi connectivity index (χ4v) is 1.53. The third-order valence-corrected chi connectivity index (χ3v) is 2.34. The van der Waals surface area contributed by atoms with Crippen LogP contribution in [0.1, 0.15) is 5.82 Å². The van der Waals surface area contributed by atoms with Gasteiger partial charge in [0.05, 0.1) is 12.4 Å². The average Bonchev–Trinajstić information content (AvgIpc) is 2.49. The van der Waals surface area contributed by atoms with Gasteiger partial charge in [-0.1, -0.05) is 0 Å². The summed E-state index contributed by atoms with van der Waals surface area (Å²) in [7, 11) is 0. The van der Waals surface area contributed by atoms with Crippen molar-refractivity contribution in [3.8, 4) is 0 Å². The summed E-state index contributed by atoms with van der Waals surface area (Å²) in [6, 6.07) is 0. The molecule has 1 aromatic heterocycles. The van der Waals surface area contributed by atoms with E-state index in [1.807, 2.05) is 0 Å². The molecule has 0 aliphatic heterocycles. The molecule has 0 atom stereocenters. The van der Waals surface area contributed by atoms with Crippen LogP contribution >= 0.6 is 23.4 Å². The Morgan fingerprint density at radius 3 is 2.79 bits per heavy atom. The molecular weight excluding hydrogens is 239 g/mol.